The van der Waals surface area contributed by atoms with E-state index >= 15 is 0 Å². The summed E-state index contributed by atoms with van der Waals surface area (Å²) < 4.78 is 19.2. The Morgan fingerprint density at radius 3 is 2.46 bits per heavy atom. The molecule has 9 heteroatoms. The van der Waals surface area contributed by atoms with E-state index in [2.05, 4.69) is 9.80 Å². The van der Waals surface area contributed by atoms with Crippen molar-refractivity contribution in [1.82, 2.24) is 4.90 Å². The molecule has 2 atom stereocenters. The molecule has 0 aromatic heterocycles. The Morgan fingerprint density at radius 1 is 1.14 bits per heavy atom. The van der Waals surface area contributed by atoms with Gasteiger partial charge in [-0.3, -0.25) is 9.69 Å². The molecule has 0 aliphatic carbocycles. The number of nitrogens with zero attached hydrogens (tertiary/aromatic N) is 2. The number of carbonyl (C=O) groups is 1. The van der Waals surface area contributed by atoms with Crippen LogP contribution >= 0.6 is 11.6 Å². The Kier molecular flexibility index (Phi) is 8.34. The van der Waals surface area contributed by atoms with Gasteiger partial charge in [0.1, 0.15) is 18.2 Å². The predicted octanol–water partition coefficient (Wildman–Crippen LogP) is 3.72. The third kappa shape index (κ3) is 6.40. The summed E-state index contributed by atoms with van der Waals surface area (Å²) in [6, 6.07) is 18.3. The van der Waals surface area contributed by atoms with Gasteiger partial charge in [0.15, 0.2) is 0 Å². The quantitative estimate of drug-likeness (QED) is 0.392. The number of carbonyl (C=O) groups excluding carboxylic acids is 1. The van der Waals surface area contributed by atoms with Gasteiger partial charge in [-0.25, -0.2) is 4.39 Å². The average Bonchev–Trinajstić information content (AvgIpc) is 2.88. The molecule has 37 heavy (non-hydrogen) atoms. The zero-order valence-electron chi connectivity index (χ0n) is 20.6. The molecule has 196 valence electrons. The number of amides is 1. The van der Waals surface area contributed by atoms with Crippen LogP contribution in [0.25, 0.3) is 0 Å². The molecular weight excluding hydrogens is 497 g/mol. The molecule has 1 aliphatic heterocycles. The van der Waals surface area contributed by atoms with Crippen LogP contribution in [-0.2, 0) is 5.60 Å². The van der Waals surface area contributed by atoms with E-state index in [4.69, 9.17) is 27.2 Å². The minimum atomic E-state index is -1.17. The molecule has 0 spiro atoms. The summed E-state index contributed by atoms with van der Waals surface area (Å²) >= 11 is 6.65. The number of anilines is 1. The van der Waals surface area contributed by atoms with Crippen LogP contribution in [0.15, 0.2) is 66.7 Å². The lowest BCUT2D eigenvalue weighted by molar-refractivity contribution is 0.0103. The summed E-state index contributed by atoms with van der Waals surface area (Å²) in [4.78, 5) is 15.7. The van der Waals surface area contributed by atoms with Crippen molar-refractivity contribution in [2.45, 2.75) is 18.6 Å². The standard InChI is InChI=1S/C28H31ClFN3O4/c1-28(36,21-6-2-20(3-7-21)27(31)35)18-32-12-13-33(26(17-32)19-4-8-22(30)9-5-19)25-11-10-23(16-24(25)29)37-15-14-34/h2-11,16,26,34,36H,12-15,17-18H2,1H3,(H2,31,35)/t26-,28+/m0/s1. The van der Waals surface area contributed by atoms with Crippen molar-refractivity contribution in [2.75, 3.05) is 44.3 Å². The van der Waals surface area contributed by atoms with Gasteiger partial charge in [0.05, 0.1) is 29.0 Å². The molecule has 3 aromatic carbocycles. The average molecular weight is 528 g/mol. The molecule has 0 radical (unpaired) electrons. The van der Waals surface area contributed by atoms with Gasteiger partial charge < -0.3 is 25.6 Å². The first-order chi connectivity index (χ1) is 17.7. The maximum absolute atomic E-state index is 13.7. The fourth-order valence-corrected chi connectivity index (χ4v) is 5.01. The third-order valence-corrected chi connectivity index (χ3v) is 6.93. The molecule has 0 saturated carbocycles. The Bertz CT molecular complexity index is 1220. The monoisotopic (exact) mass is 527 g/mol. The van der Waals surface area contributed by atoms with Gasteiger partial charge in [-0.1, -0.05) is 35.9 Å². The van der Waals surface area contributed by atoms with Crippen molar-refractivity contribution < 1.29 is 24.1 Å². The number of rotatable bonds is 9. The highest BCUT2D eigenvalue weighted by Gasteiger charge is 2.34. The minimum Gasteiger partial charge on any atom is -0.491 e. The lowest BCUT2D eigenvalue weighted by Gasteiger charge is -2.45. The molecule has 1 amide bonds. The van der Waals surface area contributed by atoms with Crippen LogP contribution < -0.4 is 15.4 Å². The molecule has 0 unspecified atom stereocenters. The van der Waals surface area contributed by atoms with E-state index in [-0.39, 0.29) is 25.1 Å². The topological polar surface area (TPSA) is 99.3 Å². The van der Waals surface area contributed by atoms with E-state index in [9.17, 15) is 14.3 Å². The second-order valence-electron chi connectivity index (χ2n) is 9.40. The summed E-state index contributed by atoms with van der Waals surface area (Å²) in [5.74, 6) is -0.261. The zero-order chi connectivity index (χ0) is 26.6. The van der Waals surface area contributed by atoms with Gasteiger partial charge in [-0.2, -0.15) is 0 Å². The van der Waals surface area contributed by atoms with Gasteiger partial charge in [0, 0.05) is 37.8 Å². The van der Waals surface area contributed by atoms with Crippen LogP contribution in [0.2, 0.25) is 5.02 Å². The van der Waals surface area contributed by atoms with Gasteiger partial charge in [-0.15, -0.1) is 0 Å². The van der Waals surface area contributed by atoms with Gasteiger partial charge in [-0.05, 0) is 54.4 Å². The number of piperazine rings is 1. The Labute approximate surface area is 220 Å². The number of hydrogen-bond acceptors (Lipinski definition) is 6. The lowest BCUT2D eigenvalue weighted by Crippen LogP contribution is -2.52. The van der Waals surface area contributed by atoms with E-state index < -0.39 is 11.5 Å². The number of hydrogen-bond donors (Lipinski definition) is 3. The van der Waals surface area contributed by atoms with E-state index in [1.54, 1.807) is 49.4 Å². The highest BCUT2D eigenvalue weighted by atomic mass is 35.5. The summed E-state index contributed by atoms with van der Waals surface area (Å²) in [5.41, 5.74) is 6.98. The van der Waals surface area contributed by atoms with Crippen molar-refractivity contribution in [3.63, 3.8) is 0 Å². The second-order valence-corrected chi connectivity index (χ2v) is 9.80. The third-order valence-electron chi connectivity index (χ3n) is 6.63. The van der Waals surface area contributed by atoms with Crippen LogP contribution in [0.5, 0.6) is 5.75 Å². The molecule has 7 nitrogen and oxygen atoms in total. The number of benzene rings is 3. The Hall–Kier alpha value is -3.17. The molecule has 1 aliphatic rings. The first kappa shape index (κ1) is 26.9. The van der Waals surface area contributed by atoms with Crippen molar-refractivity contribution in [1.29, 1.82) is 0 Å². The Balaban J connectivity index is 1.57. The maximum Gasteiger partial charge on any atom is 0.248 e. The van der Waals surface area contributed by atoms with Crippen LogP contribution in [0.3, 0.4) is 0 Å². The van der Waals surface area contributed by atoms with Crippen molar-refractivity contribution in [2.24, 2.45) is 5.73 Å². The normalized spacial score (nSPS) is 17.9. The molecule has 3 aromatic rings. The SMILES string of the molecule is C[C@@](O)(CN1CCN(c2ccc(OCCO)cc2Cl)[C@H](c2ccc(F)cc2)C1)c1ccc(C(N)=O)cc1. The van der Waals surface area contributed by atoms with Crippen LogP contribution in [0, 0.1) is 5.82 Å². The van der Waals surface area contributed by atoms with Crippen molar-refractivity contribution >= 4 is 23.2 Å². The number of aliphatic hydroxyl groups is 2. The summed E-state index contributed by atoms with van der Waals surface area (Å²) in [6.45, 7) is 4.04. The van der Waals surface area contributed by atoms with E-state index in [0.717, 1.165) is 11.3 Å². The molecular formula is C28H31ClFN3O4. The lowest BCUT2D eigenvalue weighted by atomic mass is 9.93. The summed E-state index contributed by atoms with van der Waals surface area (Å²) in [5, 5.41) is 20.8. The maximum atomic E-state index is 13.7. The van der Waals surface area contributed by atoms with Gasteiger partial charge in [0.25, 0.3) is 0 Å². The number of halogens is 2. The van der Waals surface area contributed by atoms with Crippen LogP contribution in [-0.4, -0.2) is 60.4 Å². The largest absolute Gasteiger partial charge is 0.491 e. The molecule has 4 rings (SSSR count). The molecule has 1 saturated heterocycles. The molecule has 4 N–H and O–H groups in total. The number of ether oxygens (including phenoxy) is 1. The number of β-amino-alcohol motifs (C(OH)–C–C–N with tert-alkyl or cyclic N) is 1. The molecule has 1 fully saturated rings. The fourth-order valence-electron chi connectivity index (χ4n) is 4.74. The van der Waals surface area contributed by atoms with Crippen molar-refractivity contribution in [3.8, 4) is 5.75 Å². The van der Waals surface area contributed by atoms with Crippen LogP contribution in [0.1, 0.15) is 34.5 Å². The fraction of sp³-hybridized carbons (Fsp3) is 0.321. The smallest absolute Gasteiger partial charge is 0.248 e. The van der Waals surface area contributed by atoms with E-state index in [0.29, 0.717) is 48.1 Å². The first-order valence-electron chi connectivity index (χ1n) is 12.1. The van der Waals surface area contributed by atoms with Crippen LogP contribution in [0.4, 0.5) is 10.1 Å². The van der Waals surface area contributed by atoms with Gasteiger partial charge >= 0.3 is 0 Å². The van der Waals surface area contributed by atoms with E-state index in [1.165, 1.54) is 12.1 Å². The summed E-state index contributed by atoms with van der Waals surface area (Å²) in [7, 11) is 0. The number of aliphatic hydroxyl groups excluding tert-OH is 1. The van der Waals surface area contributed by atoms with Gasteiger partial charge in [0.2, 0.25) is 5.91 Å². The van der Waals surface area contributed by atoms with E-state index in [1.807, 2.05) is 12.1 Å². The number of primary amides is 1. The minimum absolute atomic E-state index is 0.0902. The highest BCUT2D eigenvalue weighted by molar-refractivity contribution is 6.33. The second kappa shape index (κ2) is 11.5. The van der Waals surface area contributed by atoms with Crippen molar-refractivity contribution in [3.05, 3.63) is 94.3 Å². The predicted molar refractivity (Wildman–Crippen MR) is 141 cm³/mol. The summed E-state index contributed by atoms with van der Waals surface area (Å²) in [6.07, 6.45) is 0. The molecule has 1 heterocycles. The first-order valence-corrected chi connectivity index (χ1v) is 12.5. The zero-order valence-corrected chi connectivity index (χ0v) is 21.4. The highest BCUT2D eigenvalue weighted by Crippen LogP contribution is 2.38. The number of nitrogens with two attached hydrogens (primary N) is 1. The Morgan fingerprint density at radius 2 is 1.84 bits per heavy atom. The molecule has 0 bridgehead atoms.